The van der Waals surface area contributed by atoms with E-state index >= 15 is 0 Å². The van der Waals surface area contributed by atoms with Crippen LogP contribution in [0.1, 0.15) is 17.5 Å². The van der Waals surface area contributed by atoms with Crippen molar-refractivity contribution in [2.75, 3.05) is 26.2 Å². The Morgan fingerprint density at radius 2 is 2.10 bits per heavy atom. The van der Waals surface area contributed by atoms with Gasteiger partial charge in [-0.3, -0.25) is 4.90 Å². The molecule has 0 radical (unpaired) electrons. The second kappa shape index (κ2) is 6.75. The molecule has 0 spiro atoms. The van der Waals surface area contributed by atoms with E-state index in [9.17, 15) is 17.6 Å². The average molecular weight is 304 g/mol. The van der Waals surface area contributed by atoms with Gasteiger partial charge in [-0.2, -0.15) is 13.2 Å². The molecule has 21 heavy (non-hydrogen) atoms. The van der Waals surface area contributed by atoms with E-state index in [0.29, 0.717) is 31.7 Å². The number of rotatable bonds is 5. The summed E-state index contributed by atoms with van der Waals surface area (Å²) >= 11 is 0. The van der Waals surface area contributed by atoms with E-state index in [1.54, 1.807) is 19.1 Å². The fraction of sp³-hybridized carbons (Fsp3) is 0.600. The molecule has 0 bridgehead atoms. The molecule has 0 aliphatic carbocycles. The van der Waals surface area contributed by atoms with Crippen LogP contribution in [0, 0.1) is 18.7 Å². The molecule has 6 heteroatoms. The van der Waals surface area contributed by atoms with Crippen LogP contribution in [0.15, 0.2) is 18.2 Å². The topological polar surface area (TPSA) is 15.3 Å². The second-order valence-corrected chi connectivity index (χ2v) is 5.72. The smallest absolute Gasteiger partial charge is 0.312 e. The predicted octanol–water partition coefficient (Wildman–Crippen LogP) is 3.11. The maximum Gasteiger partial charge on any atom is 0.401 e. The molecule has 1 aromatic carbocycles. The number of halogens is 4. The highest BCUT2D eigenvalue weighted by atomic mass is 19.4. The Labute approximate surface area is 122 Å². The Hall–Kier alpha value is -1.14. The van der Waals surface area contributed by atoms with E-state index in [1.165, 1.54) is 11.0 Å². The number of aryl methyl sites for hydroxylation is 1. The maximum atomic E-state index is 13.1. The zero-order chi connectivity index (χ0) is 15.5. The van der Waals surface area contributed by atoms with Gasteiger partial charge in [0.2, 0.25) is 0 Å². The monoisotopic (exact) mass is 304 g/mol. The van der Waals surface area contributed by atoms with Crippen molar-refractivity contribution in [3.63, 3.8) is 0 Å². The van der Waals surface area contributed by atoms with E-state index < -0.39 is 12.7 Å². The fourth-order valence-corrected chi connectivity index (χ4v) is 2.71. The van der Waals surface area contributed by atoms with Gasteiger partial charge in [0.05, 0.1) is 6.54 Å². The average Bonchev–Trinajstić information content (AvgIpc) is 2.79. The molecule has 1 atom stereocenters. The van der Waals surface area contributed by atoms with E-state index in [-0.39, 0.29) is 11.7 Å². The van der Waals surface area contributed by atoms with E-state index in [1.807, 2.05) is 0 Å². The van der Waals surface area contributed by atoms with Crippen molar-refractivity contribution in [2.24, 2.45) is 5.92 Å². The van der Waals surface area contributed by atoms with Crippen molar-refractivity contribution < 1.29 is 17.6 Å². The van der Waals surface area contributed by atoms with Gasteiger partial charge >= 0.3 is 6.18 Å². The SMILES string of the molecule is Cc1cc(CNCC2CCN(CC(F)(F)F)C2)ccc1F. The summed E-state index contributed by atoms with van der Waals surface area (Å²) < 4.78 is 50.0. The van der Waals surface area contributed by atoms with Crippen LogP contribution in [0.4, 0.5) is 17.6 Å². The minimum absolute atomic E-state index is 0.225. The third kappa shape index (κ3) is 5.28. The molecule has 2 nitrogen and oxygen atoms in total. The molecular formula is C15H20F4N2. The van der Waals surface area contributed by atoms with Crippen molar-refractivity contribution in [2.45, 2.75) is 26.1 Å². The molecule has 118 valence electrons. The summed E-state index contributed by atoms with van der Waals surface area (Å²) in [6, 6.07) is 4.94. The standard InChI is InChI=1S/C15H20F4N2/c1-11-6-12(2-3-14(11)16)7-20-8-13-4-5-21(9-13)10-15(17,18)19/h2-3,6,13,20H,4-5,7-10H2,1H3. The number of nitrogens with zero attached hydrogens (tertiary/aromatic N) is 1. The largest absolute Gasteiger partial charge is 0.401 e. The minimum atomic E-state index is -4.12. The molecule has 1 aliphatic rings. The van der Waals surface area contributed by atoms with Crippen LogP contribution in [0.2, 0.25) is 0 Å². The van der Waals surface area contributed by atoms with Crippen molar-refractivity contribution in [3.05, 3.63) is 35.1 Å². The molecule has 2 rings (SSSR count). The molecule has 0 saturated carbocycles. The minimum Gasteiger partial charge on any atom is -0.312 e. The predicted molar refractivity (Wildman–Crippen MR) is 73.4 cm³/mol. The number of likely N-dealkylation sites (tertiary alicyclic amines) is 1. The van der Waals surface area contributed by atoms with Crippen LogP contribution < -0.4 is 5.32 Å². The highest BCUT2D eigenvalue weighted by molar-refractivity contribution is 5.23. The van der Waals surface area contributed by atoms with Gasteiger partial charge < -0.3 is 5.32 Å². The molecule has 0 amide bonds. The van der Waals surface area contributed by atoms with Crippen molar-refractivity contribution in [3.8, 4) is 0 Å². The van der Waals surface area contributed by atoms with Crippen molar-refractivity contribution in [1.82, 2.24) is 10.2 Å². The number of nitrogens with one attached hydrogen (secondary N) is 1. The Balaban J connectivity index is 1.71. The van der Waals surface area contributed by atoms with Gasteiger partial charge in [0.1, 0.15) is 5.82 Å². The molecule has 1 heterocycles. The first kappa shape index (κ1) is 16.2. The van der Waals surface area contributed by atoms with Gasteiger partial charge in [-0.05, 0) is 49.5 Å². The van der Waals surface area contributed by atoms with Gasteiger partial charge in [-0.25, -0.2) is 4.39 Å². The van der Waals surface area contributed by atoms with Crippen LogP contribution in [0.25, 0.3) is 0 Å². The summed E-state index contributed by atoms with van der Waals surface area (Å²) in [6.07, 6.45) is -3.33. The summed E-state index contributed by atoms with van der Waals surface area (Å²) in [6.45, 7) is 3.17. The summed E-state index contributed by atoms with van der Waals surface area (Å²) in [5.41, 5.74) is 1.59. The lowest BCUT2D eigenvalue weighted by Gasteiger charge is -2.18. The van der Waals surface area contributed by atoms with Crippen molar-refractivity contribution in [1.29, 1.82) is 0 Å². The Kier molecular flexibility index (Phi) is 5.22. The molecule has 1 N–H and O–H groups in total. The summed E-state index contributed by atoms with van der Waals surface area (Å²) in [5.74, 6) is 0.0197. The van der Waals surface area contributed by atoms with Gasteiger partial charge in [-0.1, -0.05) is 12.1 Å². The van der Waals surface area contributed by atoms with Crippen LogP contribution in [-0.4, -0.2) is 37.3 Å². The van der Waals surface area contributed by atoms with Crippen LogP contribution in [-0.2, 0) is 6.54 Å². The lowest BCUT2D eigenvalue weighted by atomic mass is 10.1. The second-order valence-electron chi connectivity index (χ2n) is 5.72. The third-order valence-corrected chi connectivity index (χ3v) is 3.76. The lowest BCUT2D eigenvalue weighted by molar-refractivity contribution is -0.143. The first-order chi connectivity index (χ1) is 9.83. The maximum absolute atomic E-state index is 13.1. The highest BCUT2D eigenvalue weighted by Gasteiger charge is 2.34. The first-order valence-electron chi connectivity index (χ1n) is 7.08. The molecular weight excluding hydrogens is 284 g/mol. The normalized spacial score (nSPS) is 20.1. The molecule has 0 aromatic heterocycles. The van der Waals surface area contributed by atoms with Crippen LogP contribution in [0.3, 0.4) is 0 Å². The van der Waals surface area contributed by atoms with E-state index in [4.69, 9.17) is 0 Å². The zero-order valence-corrected chi connectivity index (χ0v) is 12.0. The fourth-order valence-electron chi connectivity index (χ4n) is 2.71. The zero-order valence-electron chi connectivity index (χ0n) is 12.0. The number of alkyl halides is 3. The molecule has 1 aromatic rings. The Morgan fingerprint density at radius 3 is 2.76 bits per heavy atom. The summed E-state index contributed by atoms with van der Waals surface area (Å²) in [5, 5.41) is 3.24. The summed E-state index contributed by atoms with van der Waals surface area (Å²) in [4.78, 5) is 1.45. The lowest BCUT2D eigenvalue weighted by Crippen LogP contribution is -2.33. The third-order valence-electron chi connectivity index (χ3n) is 3.76. The van der Waals surface area contributed by atoms with E-state index in [0.717, 1.165) is 12.0 Å². The first-order valence-corrected chi connectivity index (χ1v) is 7.08. The molecule has 1 unspecified atom stereocenters. The van der Waals surface area contributed by atoms with Crippen molar-refractivity contribution >= 4 is 0 Å². The Morgan fingerprint density at radius 1 is 1.33 bits per heavy atom. The van der Waals surface area contributed by atoms with Gasteiger partial charge in [0, 0.05) is 13.1 Å². The number of hydrogen-bond donors (Lipinski definition) is 1. The highest BCUT2D eigenvalue weighted by Crippen LogP contribution is 2.22. The Bertz CT molecular complexity index is 473. The molecule has 1 fully saturated rings. The number of hydrogen-bond acceptors (Lipinski definition) is 2. The van der Waals surface area contributed by atoms with E-state index in [2.05, 4.69) is 5.32 Å². The number of benzene rings is 1. The quantitative estimate of drug-likeness (QED) is 0.841. The summed E-state index contributed by atoms with van der Waals surface area (Å²) in [7, 11) is 0. The molecule has 1 aliphatic heterocycles. The molecule has 1 saturated heterocycles. The van der Waals surface area contributed by atoms with Crippen LogP contribution >= 0.6 is 0 Å². The van der Waals surface area contributed by atoms with Gasteiger partial charge in [-0.15, -0.1) is 0 Å². The van der Waals surface area contributed by atoms with Crippen LogP contribution in [0.5, 0.6) is 0 Å². The van der Waals surface area contributed by atoms with Gasteiger partial charge in [0.25, 0.3) is 0 Å². The van der Waals surface area contributed by atoms with Gasteiger partial charge in [0.15, 0.2) is 0 Å².